The van der Waals surface area contributed by atoms with Crippen molar-refractivity contribution in [2.24, 2.45) is 0 Å². The molecule has 0 saturated heterocycles. The van der Waals surface area contributed by atoms with Crippen molar-refractivity contribution in [3.63, 3.8) is 0 Å². The molecule has 1 rings (SSSR count). The highest BCUT2D eigenvalue weighted by molar-refractivity contribution is 5.15. The Balaban J connectivity index is 1.91. The van der Waals surface area contributed by atoms with Crippen molar-refractivity contribution in [2.75, 3.05) is 6.61 Å². The van der Waals surface area contributed by atoms with Gasteiger partial charge in [-0.2, -0.15) is 0 Å². The quantitative estimate of drug-likeness (QED) is 0.526. The van der Waals surface area contributed by atoms with Crippen LogP contribution in [0.3, 0.4) is 0 Å². The zero-order valence-electron chi connectivity index (χ0n) is 11.2. The predicted octanol–water partition coefficient (Wildman–Crippen LogP) is 4.92. The molecule has 0 fully saturated rings. The molecule has 0 bridgehead atoms. The Morgan fingerprint density at radius 2 is 1.22 bits per heavy atom. The van der Waals surface area contributed by atoms with Crippen molar-refractivity contribution in [3.8, 4) is 0 Å². The molecule has 1 radical (unpaired) electrons. The van der Waals surface area contributed by atoms with Crippen LogP contribution in [0, 0.1) is 5.82 Å². The smallest absolute Gasteiger partial charge is 0.123 e. The summed E-state index contributed by atoms with van der Waals surface area (Å²) in [6.07, 6.45) is 10.4. The largest absolute Gasteiger partial charge is 0.237 e. The topological polar surface area (TPSA) is 19.9 Å². The first-order valence-electron chi connectivity index (χ1n) is 7.15. The molecule has 1 aromatic carbocycles. The lowest BCUT2D eigenvalue weighted by Crippen LogP contribution is -1.87. The number of hydrogen-bond acceptors (Lipinski definition) is 0. The summed E-state index contributed by atoms with van der Waals surface area (Å²) in [5, 5.41) is 10.2. The normalized spacial score (nSPS) is 10.8. The van der Waals surface area contributed by atoms with Crippen molar-refractivity contribution in [3.05, 3.63) is 35.6 Å². The molecular weight excluding hydrogens is 227 g/mol. The molecule has 0 spiro atoms. The van der Waals surface area contributed by atoms with Gasteiger partial charge in [-0.1, -0.05) is 50.7 Å². The highest BCUT2D eigenvalue weighted by Gasteiger charge is 1.95. The Morgan fingerprint density at radius 3 is 1.78 bits per heavy atom. The molecule has 18 heavy (non-hydrogen) atoms. The van der Waals surface area contributed by atoms with E-state index in [0.717, 1.165) is 19.3 Å². The Morgan fingerprint density at radius 1 is 0.722 bits per heavy atom. The number of aryl methyl sites for hydroxylation is 1. The van der Waals surface area contributed by atoms with Gasteiger partial charge in [0.1, 0.15) is 5.82 Å². The van der Waals surface area contributed by atoms with Crippen molar-refractivity contribution < 1.29 is 9.50 Å². The van der Waals surface area contributed by atoms with E-state index in [0.29, 0.717) is 0 Å². The van der Waals surface area contributed by atoms with E-state index in [4.69, 9.17) is 0 Å². The molecule has 0 amide bonds. The fourth-order valence-corrected chi connectivity index (χ4v) is 2.14. The summed E-state index contributed by atoms with van der Waals surface area (Å²) in [4.78, 5) is 0. The van der Waals surface area contributed by atoms with Gasteiger partial charge < -0.3 is 0 Å². The molecule has 0 aromatic heterocycles. The minimum atomic E-state index is -0.156. The summed E-state index contributed by atoms with van der Waals surface area (Å²) in [6, 6.07) is 6.81. The molecule has 0 aliphatic heterocycles. The van der Waals surface area contributed by atoms with E-state index in [1.54, 1.807) is 0 Å². The number of benzene rings is 1. The van der Waals surface area contributed by atoms with E-state index >= 15 is 0 Å². The second-order valence-electron chi connectivity index (χ2n) is 4.91. The standard InChI is InChI=1S/C16H24FO/c17-16-12-10-15(11-13-16)9-7-5-3-1-2-4-6-8-14-18/h10-13H,1-9,14H2. The van der Waals surface area contributed by atoms with Crippen LogP contribution in [-0.2, 0) is 11.5 Å². The highest BCUT2D eigenvalue weighted by atomic mass is 19.1. The van der Waals surface area contributed by atoms with Crippen molar-refractivity contribution in [1.29, 1.82) is 0 Å². The molecule has 0 aliphatic carbocycles. The maximum Gasteiger partial charge on any atom is 0.123 e. The number of rotatable bonds is 10. The summed E-state index contributed by atoms with van der Waals surface area (Å²) in [6.45, 7) is 0.0810. The molecule has 0 heterocycles. The minimum absolute atomic E-state index is 0.0810. The first kappa shape index (κ1) is 15.2. The molecular formula is C16H24FO. The monoisotopic (exact) mass is 251 g/mol. The van der Waals surface area contributed by atoms with Crippen LogP contribution in [0.4, 0.5) is 4.39 Å². The van der Waals surface area contributed by atoms with Gasteiger partial charge in [0.05, 0.1) is 6.61 Å². The summed E-state index contributed by atoms with van der Waals surface area (Å²) < 4.78 is 12.7. The Hall–Kier alpha value is -0.890. The Kier molecular flexibility index (Phi) is 8.49. The van der Waals surface area contributed by atoms with Gasteiger partial charge in [0.25, 0.3) is 0 Å². The maximum absolute atomic E-state index is 12.7. The van der Waals surface area contributed by atoms with E-state index in [9.17, 15) is 9.50 Å². The number of hydrogen-bond donors (Lipinski definition) is 0. The fourth-order valence-electron chi connectivity index (χ4n) is 2.14. The molecule has 0 atom stereocenters. The van der Waals surface area contributed by atoms with Crippen LogP contribution in [0.15, 0.2) is 24.3 Å². The first-order valence-corrected chi connectivity index (χ1v) is 7.15. The molecule has 0 saturated carbocycles. The summed E-state index contributed by atoms with van der Waals surface area (Å²) in [7, 11) is 0. The van der Waals surface area contributed by atoms with Gasteiger partial charge in [0, 0.05) is 0 Å². The zero-order valence-corrected chi connectivity index (χ0v) is 11.2. The van der Waals surface area contributed by atoms with E-state index in [-0.39, 0.29) is 12.4 Å². The molecule has 101 valence electrons. The summed E-state index contributed by atoms with van der Waals surface area (Å²) in [5.74, 6) is -0.156. The predicted molar refractivity (Wildman–Crippen MR) is 72.6 cm³/mol. The van der Waals surface area contributed by atoms with Gasteiger partial charge in [-0.15, -0.1) is 0 Å². The van der Waals surface area contributed by atoms with Crippen molar-refractivity contribution in [1.82, 2.24) is 0 Å². The third kappa shape index (κ3) is 7.44. The van der Waals surface area contributed by atoms with Gasteiger partial charge in [-0.3, -0.25) is 0 Å². The summed E-state index contributed by atoms with van der Waals surface area (Å²) in [5.41, 5.74) is 1.23. The van der Waals surface area contributed by atoms with Crippen LogP contribution in [0.2, 0.25) is 0 Å². The summed E-state index contributed by atoms with van der Waals surface area (Å²) >= 11 is 0. The van der Waals surface area contributed by atoms with Crippen LogP contribution in [0.25, 0.3) is 0 Å². The van der Waals surface area contributed by atoms with E-state index < -0.39 is 0 Å². The maximum atomic E-state index is 12.7. The third-order valence-electron chi connectivity index (χ3n) is 3.27. The van der Waals surface area contributed by atoms with Crippen molar-refractivity contribution in [2.45, 2.75) is 57.8 Å². The Labute approximate surface area is 110 Å². The lowest BCUT2D eigenvalue weighted by Gasteiger charge is -2.02. The van der Waals surface area contributed by atoms with E-state index in [1.807, 2.05) is 12.1 Å². The minimum Gasteiger partial charge on any atom is -0.237 e. The van der Waals surface area contributed by atoms with Gasteiger partial charge in [0.15, 0.2) is 0 Å². The molecule has 1 aromatic rings. The number of halogens is 1. The molecule has 2 heteroatoms. The van der Waals surface area contributed by atoms with Crippen LogP contribution in [0.1, 0.15) is 56.9 Å². The van der Waals surface area contributed by atoms with Crippen LogP contribution < -0.4 is 0 Å². The van der Waals surface area contributed by atoms with Gasteiger partial charge in [-0.05, 0) is 37.0 Å². The van der Waals surface area contributed by atoms with Gasteiger partial charge >= 0.3 is 0 Å². The SMILES string of the molecule is [O]CCCCCCCCCCc1ccc(F)cc1. The molecule has 0 unspecified atom stereocenters. The second-order valence-corrected chi connectivity index (χ2v) is 4.91. The van der Waals surface area contributed by atoms with Crippen LogP contribution >= 0.6 is 0 Å². The van der Waals surface area contributed by atoms with Crippen LogP contribution in [-0.4, -0.2) is 6.61 Å². The highest BCUT2D eigenvalue weighted by Crippen LogP contribution is 2.11. The lowest BCUT2D eigenvalue weighted by molar-refractivity contribution is 0.186. The zero-order chi connectivity index (χ0) is 13.1. The van der Waals surface area contributed by atoms with Crippen molar-refractivity contribution >= 4 is 0 Å². The Bertz CT molecular complexity index is 294. The van der Waals surface area contributed by atoms with Gasteiger partial charge in [0.2, 0.25) is 0 Å². The van der Waals surface area contributed by atoms with E-state index in [1.165, 1.54) is 56.2 Å². The molecule has 0 aliphatic rings. The van der Waals surface area contributed by atoms with E-state index in [2.05, 4.69) is 0 Å². The average Bonchev–Trinajstić information content (AvgIpc) is 2.39. The van der Waals surface area contributed by atoms with Gasteiger partial charge in [-0.25, -0.2) is 9.50 Å². The first-order chi connectivity index (χ1) is 8.83. The number of unbranched alkanes of at least 4 members (excludes halogenated alkanes) is 7. The third-order valence-corrected chi connectivity index (χ3v) is 3.27. The lowest BCUT2D eigenvalue weighted by atomic mass is 10.0. The van der Waals surface area contributed by atoms with Crippen LogP contribution in [0.5, 0.6) is 0 Å². The average molecular weight is 251 g/mol. The fraction of sp³-hybridized carbons (Fsp3) is 0.625. The molecule has 1 nitrogen and oxygen atoms in total. The second kappa shape index (κ2) is 10.1. The molecule has 0 N–H and O–H groups in total.